The molecule has 1 aromatic carbocycles. The van der Waals surface area contributed by atoms with Gasteiger partial charge in [0, 0.05) is 22.5 Å². The van der Waals surface area contributed by atoms with E-state index in [9.17, 15) is 5.11 Å². The van der Waals surface area contributed by atoms with Crippen LogP contribution in [0.25, 0.3) is 0 Å². The molecule has 2 aliphatic rings. The van der Waals surface area contributed by atoms with E-state index in [2.05, 4.69) is 17.4 Å². The van der Waals surface area contributed by atoms with Gasteiger partial charge >= 0.3 is 0 Å². The second kappa shape index (κ2) is 6.91. The average molecular weight is 326 g/mol. The van der Waals surface area contributed by atoms with Crippen molar-refractivity contribution < 1.29 is 5.11 Å². The van der Waals surface area contributed by atoms with Gasteiger partial charge in [0.2, 0.25) is 0 Å². The monoisotopic (exact) mass is 325 g/mol. The van der Waals surface area contributed by atoms with E-state index in [1.807, 2.05) is 17.8 Å². The number of benzene rings is 1. The maximum absolute atomic E-state index is 10.8. The Hall–Kier alpha value is -0.220. The molecule has 2 nitrogen and oxygen atoms in total. The molecule has 116 valence electrons. The minimum absolute atomic E-state index is 0.326. The predicted octanol–water partition coefficient (Wildman–Crippen LogP) is 4.55. The highest BCUT2D eigenvalue weighted by molar-refractivity contribution is 7.99. The lowest BCUT2D eigenvalue weighted by Crippen LogP contribution is -2.42. The van der Waals surface area contributed by atoms with Crippen LogP contribution in [0.15, 0.2) is 23.1 Å². The Morgan fingerprint density at radius 3 is 2.76 bits per heavy atom. The van der Waals surface area contributed by atoms with E-state index in [4.69, 9.17) is 11.6 Å². The van der Waals surface area contributed by atoms with Gasteiger partial charge in [-0.3, -0.25) is 0 Å². The molecule has 0 spiro atoms. The van der Waals surface area contributed by atoms with Crippen LogP contribution in [0.3, 0.4) is 0 Å². The molecule has 1 atom stereocenters. The maximum Gasteiger partial charge on any atom is 0.0771 e. The van der Waals surface area contributed by atoms with Crippen LogP contribution in [0.5, 0.6) is 0 Å². The lowest BCUT2D eigenvalue weighted by molar-refractivity contribution is 0.0224. The summed E-state index contributed by atoms with van der Waals surface area (Å²) in [5, 5.41) is 15.2. The number of thioether (sulfide) groups is 1. The molecule has 0 aromatic heterocycles. The normalized spacial score (nSPS) is 25.1. The molecule has 21 heavy (non-hydrogen) atoms. The van der Waals surface area contributed by atoms with Crippen LogP contribution in [-0.2, 0) is 0 Å². The van der Waals surface area contributed by atoms with Gasteiger partial charge in [-0.1, -0.05) is 37.3 Å². The molecule has 1 saturated carbocycles. The van der Waals surface area contributed by atoms with Crippen molar-refractivity contribution in [2.75, 3.05) is 12.3 Å². The van der Waals surface area contributed by atoms with Crippen LogP contribution in [0.2, 0.25) is 5.02 Å². The Bertz CT molecular complexity index is 486. The van der Waals surface area contributed by atoms with E-state index in [-0.39, 0.29) is 0 Å². The molecule has 3 rings (SSSR count). The van der Waals surface area contributed by atoms with Gasteiger partial charge in [-0.25, -0.2) is 0 Å². The van der Waals surface area contributed by atoms with Gasteiger partial charge in [-0.15, -0.1) is 11.8 Å². The molecule has 2 N–H and O–H groups in total. The first kappa shape index (κ1) is 15.7. The molecular weight excluding hydrogens is 302 g/mol. The first-order chi connectivity index (χ1) is 10.2. The highest BCUT2D eigenvalue weighted by Gasteiger charge is 2.30. The third-order valence-electron chi connectivity index (χ3n) is 4.72. The molecular formula is C17H24ClNOS. The predicted molar refractivity (Wildman–Crippen MR) is 90.2 cm³/mol. The number of nitrogens with one attached hydrogen (secondary N) is 1. The average Bonchev–Trinajstić information content (AvgIpc) is 2.70. The molecule has 1 aromatic rings. The third kappa shape index (κ3) is 3.95. The van der Waals surface area contributed by atoms with Crippen LogP contribution in [0.1, 0.15) is 56.6 Å². The Labute approximate surface area is 136 Å². The van der Waals surface area contributed by atoms with E-state index >= 15 is 0 Å². The summed E-state index contributed by atoms with van der Waals surface area (Å²) in [5.74, 6) is 1.13. The molecule has 0 saturated heterocycles. The molecule has 4 heteroatoms. The number of halogens is 1. The Morgan fingerprint density at radius 1 is 1.24 bits per heavy atom. The molecule has 1 fully saturated rings. The zero-order chi connectivity index (χ0) is 14.7. The van der Waals surface area contributed by atoms with Crippen molar-refractivity contribution >= 4 is 23.4 Å². The van der Waals surface area contributed by atoms with E-state index < -0.39 is 5.60 Å². The zero-order valence-electron chi connectivity index (χ0n) is 12.4. The first-order valence-corrected chi connectivity index (χ1v) is 9.41. The van der Waals surface area contributed by atoms with Crippen molar-refractivity contribution in [1.29, 1.82) is 0 Å². The SMILES string of the molecule is OC1(CNC2CCSc3ccc(Cl)cc32)CCCCCC1. The highest BCUT2D eigenvalue weighted by atomic mass is 35.5. The summed E-state index contributed by atoms with van der Waals surface area (Å²) in [6.07, 6.45) is 7.81. The molecule has 1 aliphatic carbocycles. The van der Waals surface area contributed by atoms with E-state index in [0.29, 0.717) is 12.6 Å². The fourth-order valence-electron chi connectivity index (χ4n) is 3.45. The largest absolute Gasteiger partial charge is 0.389 e. The number of hydrogen-bond donors (Lipinski definition) is 2. The number of rotatable bonds is 3. The van der Waals surface area contributed by atoms with Crippen molar-refractivity contribution in [3.63, 3.8) is 0 Å². The van der Waals surface area contributed by atoms with Crippen LogP contribution >= 0.6 is 23.4 Å². The van der Waals surface area contributed by atoms with Crippen molar-refractivity contribution in [3.8, 4) is 0 Å². The standard InChI is InChI=1S/C17H24ClNOS/c18-13-5-6-16-14(11-13)15(7-10-21-16)19-12-17(20)8-3-1-2-4-9-17/h5-6,11,15,19-20H,1-4,7-10,12H2. The van der Waals surface area contributed by atoms with Crippen molar-refractivity contribution in [1.82, 2.24) is 5.32 Å². The highest BCUT2D eigenvalue weighted by Crippen LogP contribution is 2.38. The number of hydrogen-bond acceptors (Lipinski definition) is 3. The summed E-state index contributed by atoms with van der Waals surface area (Å²) in [6.45, 7) is 0.703. The van der Waals surface area contributed by atoms with Crippen LogP contribution in [0.4, 0.5) is 0 Å². The van der Waals surface area contributed by atoms with E-state index in [1.165, 1.54) is 23.3 Å². The molecule has 1 unspecified atom stereocenters. The zero-order valence-corrected chi connectivity index (χ0v) is 14.0. The summed E-state index contributed by atoms with van der Waals surface area (Å²) in [4.78, 5) is 1.33. The van der Waals surface area contributed by atoms with Gasteiger partial charge in [0.25, 0.3) is 0 Å². The Morgan fingerprint density at radius 2 is 2.00 bits per heavy atom. The summed E-state index contributed by atoms with van der Waals surface area (Å²) >= 11 is 8.06. The van der Waals surface area contributed by atoms with E-state index in [1.54, 1.807) is 0 Å². The van der Waals surface area contributed by atoms with Gasteiger partial charge in [0.15, 0.2) is 0 Å². The fraction of sp³-hybridized carbons (Fsp3) is 0.647. The molecule has 0 amide bonds. The summed E-state index contributed by atoms with van der Waals surface area (Å²) in [5.41, 5.74) is 0.788. The first-order valence-electron chi connectivity index (χ1n) is 8.04. The van der Waals surface area contributed by atoms with Gasteiger partial charge in [0.05, 0.1) is 5.60 Å². The molecule has 1 heterocycles. The van der Waals surface area contributed by atoms with Crippen molar-refractivity contribution in [3.05, 3.63) is 28.8 Å². The fourth-order valence-corrected chi connectivity index (χ4v) is 4.74. The summed E-state index contributed by atoms with van der Waals surface area (Å²) < 4.78 is 0. The number of aliphatic hydroxyl groups is 1. The second-order valence-electron chi connectivity index (χ2n) is 6.39. The van der Waals surface area contributed by atoms with Crippen molar-refractivity contribution in [2.45, 2.75) is 61.5 Å². The van der Waals surface area contributed by atoms with Gasteiger partial charge in [-0.2, -0.15) is 0 Å². The minimum atomic E-state index is -0.514. The van der Waals surface area contributed by atoms with Gasteiger partial charge < -0.3 is 10.4 Å². The molecule has 1 aliphatic heterocycles. The maximum atomic E-state index is 10.8. The summed E-state index contributed by atoms with van der Waals surface area (Å²) in [7, 11) is 0. The third-order valence-corrected chi connectivity index (χ3v) is 6.08. The Balaban J connectivity index is 1.67. The van der Waals surface area contributed by atoms with Gasteiger partial charge in [-0.05, 0) is 48.8 Å². The quantitative estimate of drug-likeness (QED) is 0.799. The number of fused-ring (bicyclic) bond motifs is 1. The molecule has 0 radical (unpaired) electrons. The second-order valence-corrected chi connectivity index (χ2v) is 7.96. The summed E-state index contributed by atoms with van der Waals surface area (Å²) in [6, 6.07) is 6.50. The lowest BCUT2D eigenvalue weighted by Gasteiger charge is -2.32. The smallest absolute Gasteiger partial charge is 0.0771 e. The lowest BCUT2D eigenvalue weighted by atomic mass is 9.93. The van der Waals surface area contributed by atoms with Crippen LogP contribution in [0, 0.1) is 0 Å². The van der Waals surface area contributed by atoms with E-state index in [0.717, 1.165) is 42.9 Å². The topological polar surface area (TPSA) is 32.3 Å². The van der Waals surface area contributed by atoms with Gasteiger partial charge in [0.1, 0.15) is 0 Å². The van der Waals surface area contributed by atoms with Crippen LogP contribution < -0.4 is 5.32 Å². The minimum Gasteiger partial charge on any atom is -0.389 e. The Kier molecular flexibility index (Phi) is 5.15. The van der Waals surface area contributed by atoms with Crippen molar-refractivity contribution in [2.24, 2.45) is 0 Å². The van der Waals surface area contributed by atoms with Crippen LogP contribution in [-0.4, -0.2) is 23.0 Å². The molecule has 0 bridgehead atoms.